The molecule has 0 radical (unpaired) electrons. The minimum Gasteiger partial charge on any atom is -0.549 e. The summed E-state index contributed by atoms with van der Waals surface area (Å²) in [6.07, 6.45) is 1.73. The second kappa shape index (κ2) is 11.0. The average Bonchev–Trinajstić information content (AvgIpc) is 2.25. The molecule has 0 heterocycles. The predicted octanol–water partition coefficient (Wildman–Crippen LogP) is -3.12. The summed E-state index contributed by atoms with van der Waals surface area (Å²) < 4.78 is 32.1. The molecule has 0 unspecified atom stereocenters. The Morgan fingerprint density at radius 3 is 2.21 bits per heavy atom. The minimum absolute atomic E-state index is 0. The Hall–Kier alpha value is -0.860. The number of hydrogen-bond acceptors (Lipinski definition) is 5. The molecule has 1 aromatic rings. The van der Waals surface area contributed by atoms with Crippen LogP contribution < -0.4 is 39.4 Å². The van der Waals surface area contributed by atoms with Crippen molar-refractivity contribution in [3.05, 3.63) is 43.0 Å². The van der Waals surface area contributed by atoms with Gasteiger partial charge in [-0.1, -0.05) is 30.9 Å². The van der Waals surface area contributed by atoms with Crippen molar-refractivity contribution in [1.29, 1.82) is 0 Å². The Kier molecular flexibility index (Phi) is 11.9. The van der Waals surface area contributed by atoms with E-state index in [1.165, 1.54) is 0 Å². The molecule has 0 bridgehead atoms. The Morgan fingerprint density at radius 1 is 1.37 bits per heavy atom. The van der Waals surface area contributed by atoms with Gasteiger partial charge < -0.3 is 14.6 Å². The first-order valence-electron chi connectivity index (χ1n) is 4.79. The molecule has 0 aliphatic carbocycles. The molecular weight excluding hydrogens is 283 g/mol. The number of rotatable bonds is 5. The standard InChI is InChI=1S/C9H10O.C2H4O5S.Na/c1-2-8-10-9-6-4-3-5-7-9;3-2(4)1-8(5,6)7;/h2-7H,1,8H2;1H2,(H,3,4)(H,5,6,7);/q;;+1/p-1. The number of hydrogen-bond donors (Lipinski definition) is 1. The van der Waals surface area contributed by atoms with E-state index in [0.29, 0.717) is 6.61 Å². The summed E-state index contributed by atoms with van der Waals surface area (Å²) in [4.78, 5) is 9.36. The summed E-state index contributed by atoms with van der Waals surface area (Å²) >= 11 is 0. The van der Waals surface area contributed by atoms with Crippen LogP contribution in [0.25, 0.3) is 0 Å². The topological polar surface area (TPSA) is 104 Å². The molecule has 19 heavy (non-hydrogen) atoms. The zero-order chi connectivity index (χ0) is 14.0. The van der Waals surface area contributed by atoms with Gasteiger partial charge in [-0.25, -0.2) is 0 Å². The SMILES string of the molecule is C=CCOc1ccccc1.O=C([O-])CS(=O)(=O)O.[Na+]. The summed E-state index contributed by atoms with van der Waals surface area (Å²) in [5, 5.41) is 9.36. The van der Waals surface area contributed by atoms with E-state index in [9.17, 15) is 18.3 Å². The first kappa shape index (κ1) is 20.5. The molecule has 0 atom stereocenters. The van der Waals surface area contributed by atoms with Crippen LogP contribution in [0.1, 0.15) is 0 Å². The van der Waals surface area contributed by atoms with Crippen molar-refractivity contribution in [2.75, 3.05) is 12.4 Å². The summed E-state index contributed by atoms with van der Waals surface area (Å²) in [5.74, 6) is -2.26. The maximum Gasteiger partial charge on any atom is 1.00 e. The van der Waals surface area contributed by atoms with Gasteiger partial charge in [-0.2, -0.15) is 8.42 Å². The maximum absolute atomic E-state index is 9.58. The Balaban J connectivity index is 0. The van der Waals surface area contributed by atoms with Crippen molar-refractivity contribution in [3.8, 4) is 5.75 Å². The second-order valence-electron chi connectivity index (χ2n) is 3.01. The second-order valence-corrected chi connectivity index (χ2v) is 4.46. The van der Waals surface area contributed by atoms with Gasteiger partial charge in [0.15, 0.2) is 0 Å². The van der Waals surface area contributed by atoms with Gasteiger partial charge in [-0.05, 0) is 12.1 Å². The van der Waals surface area contributed by atoms with Crippen molar-refractivity contribution < 1.29 is 57.2 Å². The van der Waals surface area contributed by atoms with Gasteiger partial charge in [-0.15, -0.1) is 0 Å². The van der Waals surface area contributed by atoms with Crippen LogP contribution in [0.4, 0.5) is 0 Å². The Bertz CT molecular complexity index is 471. The number of carbonyl (C=O) groups is 1. The van der Waals surface area contributed by atoms with Gasteiger partial charge in [0, 0.05) is 0 Å². The van der Waals surface area contributed by atoms with Gasteiger partial charge in [0.25, 0.3) is 10.1 Å². The van der Waals surface area contributed by atoms with E-state index in [2.05, 4.69) is 6.58 Å². The van der Waals surface area contributed by atoms with Crippen molar-refractivity contribution in [3.63, 3.8) is 0 Å². The largest absolute Gasteiger partial charge is 1.00 e. The predicted molar refractivity (Wildman–Crippen MR) is 63.6 cm³/mol. The quantitative estimate of drug-likeness (QED) is 0.350. The fourth-order valence-corrected chi connectivity index (χ4v) is 1.12. The number of benzene rings is 1. The third kappa shape index (κ3) is 15.1. The van der Waals surface area contributed by atoms with Crippen molar-refractivity contribution in [2.24, 2.45) is 0 Å². The van der Waals surface area contributed by atoms with E-state index in [0.717, 1.165) is 5.75 Å². The third-order valence-electron chi connectivity index (χ3n) is 1.41. The van der Waals surface area contributed by atoms with Crippen LogP contribution in [0.15, 0.2) is 43.0 Å². The van der Waals surface area contributed by atoms with Crippen molar-refractivity contribution in [2.45, 2.75) is 0 Å². The maximum atomic E-state index is 9.58. The fraction of sp³-hybridized carbons (Fsp3) is 0.182. The number of carbonyl (C=O) groups excluding carboxylic acids is 1. The van der Waals surface area contributed by atoms with Crippen LogP contribution >= 0.6 is 0 Å². The Morgan fingerprint density at radius 2 is 1.89 bits per heavy atom. The third-order valence-corrected chi connectivity index (χ3v) is 2.01. The van der Waals surface area contributed by atoms with E-state index in [-0.39, 0.29) is 29.6 Å². The molecular formula is C11H13NaO6S. The molecule has 0 fully saturated rings. The molecule has 0 saturated heterocycles. The van der Waals surface area contributed by atoms with E-state index in [1.54, 1.807) is 6.08 Å². The number of carboxylic acid groups (broad SMARTS) is 1. The zero-order valence-electron chi connectivity index (χ0n) is 10.5. The van der Waals surface area contributed by atoms with Crippen LogP contribution in [0.2, 0.25) is 0 Å². The first-order valence-corrected chi connectivity index (χ1v) is 6.40. The zero-order valence-corrected chi connectivity index (χ0v) is 13.3. The molecule has 0 aliphatic rings. The molecule has 6 nitrogen and oxygen atoms in total. The van der Waals surface area contributed by atoms with Crippen LogP contribution in [0, 0.1) is 0 Å². The van der Waals surface area contributed by atoms with Gasteiger partial charge in [-0.3, -0.25) is 4.55 Å². The van der Waals surface area contributed by atoms with Crippen LogP contribution in [0.3, 0.4) is 0 Å². The van der Waals surface area contributed by atoms with Gasteiger partial charge in [0.05, 0.1) is 5.97 Å². The molecule has 0 saturated carbocycles. The van der Waals surface area contributed by atoms with E-state index < -0.39 is 21.8 Å². The monoisotopic (exact) mass is 296 g/mol. The molecule has 0 aromatic heterocycles. The fourth-order valence-electron chi connectivity index (χ4n) is 0.821. The van der Waals surface area contributed by atoms with Gasteiger partial charge in [0.1, 0.15) is 18.1 Å². The number of ether oxygens (including phenoxy) is 1. The molecule has 100 valence electrons. The van der Waals surface area contributed by atoms with Crippen molar-refractivity contribution >= 4 is 16.1 Å². The summed E-state index contributed by atoms with van der Waals surface area (Å²) in [6, 6.07) is 9.69. The van der Waals surface area contributed by atoms with Crippen LogP contribution in [-0.4, -0.2) is 31.3 Å². The number of carboxylic acids is 1. The molecule has 1 aromatic carbocycles. The molecule has 0 amide bonds. The summed E-state index contributed by atoms with van der Waals surface area (Å²) in [7, 11) is -4.39. The normalized spacial score (nSPS) is 9.32. The van der Waals surface area contributed by atoms with Gasteiger partial charge >= 0.3 is 29.6 Å². The minimum atomic E-state index is -4.39. The van der Waals surface area contributed by atoms with Crippen molar-refractivity contribution in [1.82, 2.24) is 0 Å². The smallest absolute Gasteiger partial charge is 0.549 e. The number of aliphatic carboxylic acids is 1. The molecule has 8 heteroatoms. The molecule has 0 spiro atoms. The summed E-state index contributed by atoms with van der Waals surface area (Å²) in [5.41, 5.74) is 0. The van der Waals surface area contributed by atoms with Crippen LogP contribution in [-0.2, 0) is 14.9 Å². The molecule has 0 aliphatic heterocycles. The van der Waals surface area contributed by atoms with Crippen LogP contribution in [0.5, 0.6) is 5.75 Å². The summed E-state index contributed by atoms with van der Waals surface area (Å²) in [6.45, 7) is 4.12. The number of para-hydroxylation sites is 1. The first-order chi connectivity index (χ1) is 8.35. The van der Waals surface area contributed by atoms with Gasteiger partial charge in [0.2, 0.25) is 0 Å². The molecule has 1 N–H and O–H groups in total. The van der Waals surface area contributed by atoms with E-state index in [1.807, 2.05) is 30.3 Å². The average molecular weight is 296 g/mol. The van der Waals surface area contributed by atoms with E-state index in [4.69, 9.17) is 9.29 Å². The Labute approximate surface area is 134 Å². The molecule has 1 rings (SSSR count). The van der Waals surface area contributed by atoms with E-state index >= 15 is 0 Å².